The SMILES string of the molecule is Cc1ccc(-c2n[n-]c(=S)o2)c(C)c1.Cc1ccc(-c2n[n-]c(=S)o2)c(C)c1.[Cu+2]. The Morgan fingerprint density at radius 2 is 1.07 bits per heavy atom. The molecule has 0 fully saturated rings. The molecule has 9 heteroatoms. The van der Waals surface area contributed by atoms with Crippen molar-refractivity contribution in [3.63, 3.8) is 0 Å². The molecule has 1 radical (unpaired) electrons. The van der Waals surface area contributed by atoms with Gasteiger partial charge in [0, 0.05) is 11.1 Å². The third kappa shape index (κ3) is 5.83. The number of hydrogen-bond donors (Lipinski definition) is 0. The minimum absolute atomic E-state index is 0. The molecule has 0 unspecified atom stereocenters. The van der Waals surface area contributed by atoms with Gasteiger partial charge in [-0.1, -0.05) is 59.8 Å². The summed E-state index contributed by atoms with van der Waals surface area (Å²) in [6, 6.07) is 12.1. The van der Waals surface area contributed by atoms with Crippen LogP contribution in [0.15, 0.2) is 45.2 Å². The summed E-state index contributed by atoms with van der Waals surface area (Å²) < 4.78 is 10.4. The van der Waals surface area contributed by atoms with Crippen LogP contribution in [0.1, 0.15) is 22.3 Å². The summed E-state index contributed by atoms with van der Waals surface area (Å²) in [6.45, 7) is 8.11. The summed E-state index contributed by atoms with van der Waals surface area (Å²) in [7, 11) is 0. The number of aryl methyl sites for hydroxylation is 4. The Kier molecular flexibility index (Phi) is 7.87. The summed E-state index contributed by atoms with van der Waals surface area (Å²) in [5, 5.41) is 15.0. The monoisotopic (exact) mass is 473 g/mol. The maximum atomic E-state index is 5.18. The van der Waals surface area contributed by atoms with E-state index in [-0.39, 0.29) is 26.7 Å². The summed E-state index contributed by atoms with van der Waals surface area (Å²) in [5.41, 5.74) is 6.54. The predicted molar refractivity (Wildman–Crippen MR) is 111 cm³/mol. The molecule has 0 aliphatic rings. The Morgan fingerprint density at radius 3 is 1.34 bits per heavy atom. The van der Waals surface area contributed by atoms with Crippen molar-refractivity contribution in [2.24, 2.45) is 0 Å². The van der Waals surface area contributed by atoms with Gasteiger partial charge in [-0.2, -0.15) is 0 Å². The Morgan fingerprint density at radius 1 is 0.690 bits per heavy atom. The molecule has 0 aliphatic heterocycles. The molecule has 6 nitrogen and oxygen atoms in total. The van der Waals surface area contributed by atoms with Crippen molar-refractivity contribution < 1.29 is 25.9 Å². The maximum absolute atomic E-state index is 5.18. The largest absolute Gasteiger partial charge is 2.00 e. The van der Waals surface area contributed by atoms with Crippen LogP contribution in [0.3, 0.4) is 0 Å². The van der Waals surface area contributed by atoms with E-state index in [2.05, 4.69) is 32.5 Å². The van der Waals surface area contributed by atoms with E-state index in [0.717, 1.165) is 22.3 Å². The molecular formula is C20H18CuN4O2S2. The Balaban J connectivity index is 0.000000200. The molecular weight excluding hydrogens is 456 g/mol. The van der Waals surface area contributed by atoms with E-state index in [1.807, 2.05) is 52.0 Å². The number of hydrogen-bond acceptors (Lipinski definition) is 6. The van der Waals surface area contributed by atoms with Gasteiger partial charge in [0.25, 0.3) is 0 Å². The average Bonchev–Trinajstić information content (AvgIpc) is 3.24. The fraction of sp³-hybridized carbons (Fsp3) is 0.200. The number of aromatic nitrogens is 4. The average molecular weight is 474 g/mol. The second-order valence-corrected chi connectivity index (χ2v) is 7.08. The van der Waals surface area contributed by atoms with E-state index in [9.17, 15) is 0 Å². The molecule has 0 aliphatic carbocycles. The smallest absolute Gasteiger partial charge is 0.532 e. The van der Waals surface area contributed by atoms with Crippen LogP contribution in [0, 0.1) is 37.4 Å². The van der Waals surface area contributed by atoms with Gasteiger partial charge in [0.1, 0.15) is 9.67 Å². The van der Waals surface area contributed by atoms with Gasteiger partial charge in [0.2, 0.25) is 11.8 Å². The fourth-order valence-electron chi connectivity index (χ4n) is 2.74. The molecule has 0 spiro atoms. The van der Waals surface area contributed by atoms with E-state index in [1.54, 1.807) is 0 Å². The first kappa shape index (κ1) is 23.0. The van der Waals surface area contributed by atoms with Crippen molar-refractivity contribution in [1.82, 2.24) is 20.4 Å². The number of nitrogens with zero attached hydrogens (tertiary/aromatic N) is 4. The number of benzene rings is 2. The molecule has 29 heavy (non-hydrogen) atoms. The van der Waals surface area contributed by atoms with E-state index in [4.69, 9.17) is 33.3 Å². The van der Waals surface area contributed by atoms with Gasteiger partial charge in [-0.15, -0.1) is 0 Å². The zero-order chi connectivity index (χ0) is 20.3. The molecule has 4 aromatic rings. The molecule has 4 rings (SSSR count). The van der Waals surface area contributed by atoms with Gasteiger partial charge >= 0.3 is 17.1 Å². The first-order valence-electron chi connectivity index (χ1n) is 8.50. The van der Waals surface area contributed by atoms with Crippen LogP contribution < -0.4 is 10.2 Å². The van der Waals surface area contributed by atoms with Crippen LogP contribution in [0.4, 0.5) is 0 Å². The van der Waals surface area contributed by atoms with E-state index in [1.165, 1.54) is 11.1 Å². The zero-order valence-electron chi connectivity index (χ0n) is 16.2. The molecule has 0 saturated heterocycles. The standard InChI is InChI=1S/2C10H10N2OS.Cu/c2*1-6-3-4-8(7(2)5-6)9-11-12-10(14)13-9;/h2*3-5H,1-2H3,(H,12,14);/q;;+2/p-2. The molecule has 0 amide bonds. The minimum atomic E-state index is 0. The van der Waals surface area contributed by atoms with Crippen LogP contribution in [-0.4, -0.2) is 10.2 Å². The third-order valence-corrected chi connectivity index (χ3v) is 4.37. The van der Waals surface area contributed by atoms with E-state index < -0.39 is 0 Å². The van der Waals surface area contributed by atoms with Crippen molar-refractivity contribution >= 4 is 24.4 Å². The van der Waals surface area contributed by atoms with Gasteiger partial charge in [0.05, 0.1) is 0 Å². The molecule has 2 aromatic heterocycles. The van der Waals surface area contributed by atoms with Crippen molar-refractivity contribution in [2.75, 3.05) is 0 Å². The molecule has 2 heterocycles. The Labute approximate surface area is 189 Å². The topological polar surface area (TPSA) is 80.3 Å². The summed E-state index contributed by atoms with van der Waals surface area (Å²) in [4.78, 5) is 0.361. The molecule has 0 saturated carbocycles. The maximum Gasteiger partial charge on any atom is 2.00 e. The van der Waals surface area contributed by atoms with Crippen molar-refractivity contribution in [2.45, 2.75) is 27.7 Å². The van der Waals surface area contributed by atoms with Crippen LogP contribution in [0.25, 0.3) is 22.9 Å². The Bertz CT molecular complexity index is 1130. The third-order valence-electron chi connectivity index (χ3n) is 4.04. The fourth-order valence-corrected chi connectivity index (χ4v) is 2.98. The molecule has 2 aromatic carbocycles. The van der Waals surface area contributed by atoms with Gasteiger partial charge in [-0.05, 0) is 51.0 Å². The second kappa shape index (κ2) is 9.93. The van der Waals surface area contributed by atoms with Crippen LogP contribution in [0.5, 0.6) is 0 Å². The minimum Gasteiger partial charge on any atom is -0.532 e. The summed E-state index contributed by atoms with van der Waals surface area (Å²) >= 11 is 9.52. The molecule has 0 N–H and O–H groups in total. The van der Waals surface area contributed by atoms with Crippen LogP contribution >= 0.6 is 24.4 Å². The van der Waals surface area contributed by atoms with Crippen molar-refractivity contribution in [3.8, 4) is 22.9 Å². The van der Waals surface area contributed by atoms with Gasteiger partial charge in [-0.25, -0.2) is 0 Å². The van der Waals surface area contributed by atoms with E-state index in [0.29, 0.717) is 11.8 Å². The number of rotatable bonds is 2. The quantitative estimate of drug-likeness (QED) is 0.287. The van der Waals surface area contributed by atoms with Crippen LogP contribution in [0.2, 0.25) is 0 Å². The normalized spacial score (nSPS) is 10.1. The Hall–Kier alpha value is -2.32. The predicted octanol–water partition coefficient (Wildman–Crippen LogP) is 5.29. The van der Waals surface area contributed by atoms with E-state index >= 15 is 0 Å². The summed E-state index contributed by atoms with van der Waals surface area (Å²) in [6.07, 6.45) is 0. The first-order valence-corrected chi connectivity index (χ1v) is 9.31. The van der Waals surface area contributed by atoms with Crippen LogP contribution in [-0.2, 0) is 17.1 Å². The van der Waals surface area contributed by atoms with Gasteiger partial charge < -0.3 is 29.2 Å². The zero-order valence-corrected chi connectivity index (χ0v) is 18.8. The van der Waals surface area contributed by atoms with Crippen molar-refractivity contribution in [3.05, 3.63) is 68.3 Å². The van der Waals surface area contributed by atoms with Crippen molar-refractivity contribution in [1.29, 1.82) is 0 Å². The van der Waals surface area contributed by atoms with Gasteiger partial charge in [0.15, 0.2) is 0 Å². The van der Waals surface area contributed by atoms with Gasteiger partial charge in [-0.3, -0.25) is 0 Å². The molecule has 153 valence electrons. The first-order chi connectivity index (χ1) is 13.3. The summed E-state index contributed by atoms with van der Waals surface area (Å²) in [5.74, 6) is 0.986. The molecule has 0 bridgehead atoms. The second-order valence-electron chi connectivity index (χ2n) is 6.38. The molecule has 0 atom stereocenters.